The van der Waals surface area contributed by atoms with E-state index in [9.17, 15) is 9.18 Å². The first-order valence-corrected chi connectivity index (χ1v) is 6.11. The average Bonchev–Trinajstić information content (AvgIpc) is 2.40. The number of amides is 1. The van der Waals surface area contributed by atoms with Gasteiger partial charge in [-0.1, -0.05) is 18.2 Å². The van der Waals surface area contributed by atoms with Crippen LogP contribution in [0, 0.1) is 5.82 Å². The van der Waals surface area contributed by atoms with Crippen LogP contribution < -0.4 is 5.32 Å². The van der Waals surface area contributed by atoms with Crippen molar-refractivity contribution in [3.63, 3.8) is 0 Å². The summed E-state index contributed by atoms with van der Waals surface area (Å²) in [7, 11) is 0. The Labute approximate surface area is 106 Å². The van der Waals surface area contributed by atoms with Gasteiger partial charge in [-0.05, 0) is 18.6 Å². The topological polar surface area (TPSA) is 32.3 Å². The van der Waals surface area contributed by atoms with Gasteiger partial charge in [-0.3, -0.25) is 4.79 Å². The minimum absolute atomic E-state index is 0.0442. The summed E-state index contributed by atoms with van der Waals surface area (Å²) in [5.41, 5.74) is 1.15. The predicted octanol–water partition coefficient (Wildman–Crippen LogP) is 1.66. The molecular weight excluding hydrogens is 231 g/mol. The second kappa shape index (κ2) is 5.78. The number of nitrogens with zero attached hydrogens (tertiary/aromatic N) is 1. The molecule has 96 valence electrons. The third kappa shape index (κ3) is 2.96. The summed E-state index contributed by atoms with van der Waals surface area (Å²) in [4.78, 5) is 13.8. The van der Waals surface area contributed by atoms with Gasteiger partial charge in [0.25, 0.3) is 0 Å². The maximum Gasteiger partial charge on any atom is 0.246 e. The summed E-state index contributed by atoms with van der Waals surface area (Å²) in [6.07, 6.45) is 1.52. The second-order valence-electron chi connectivity index (χ2n) is 4.38. The van der Waals surface area contributed by atoms with E-state index in [4.69, 9.17) is 0 Å². The number of benzene rings is 1. The van der Waals surface area contributed by atoms with E-state index in [1.165, 1.54) is 12.1 Å². The summed E-state index contributed by atoms with van der Waals surface area (Å²) < 4.78 is 13.6. The van der Waals surface area contributed by atoms with E-state index in [1.54, 1.807) is 30.0 Å². The Bertz CT molecular complexity index is 465. The number of piperazine rings is 1. The first-order valence-electron chi connectivity index (χ1n) is 6.11. The molecule has 1 aromatic carbocycles. The van der Waals surface area contributed by atoms with E-state index in [1.807, 2.05) is 0 Å². The molecule has 1 aromatic rings. The van der Waals surface area contributed by atoms with Crippen molar-refractivity contribution in [2.75, 3.05) is 26.2 Å². The van der Waals surface area contributed by atoms with Gasteiger partial charge in [0.15, 0.2) is 0 Å². The molecule has 0 saturated carbocycles. The van der Waals surface area contributed by atoms with Gasteiger partial charge in [0, 0.05) is 37.8 Å². The van der Waals surface area contributed by atoms with Crippen LogP contribution in [-0.2, 0) is 4.79 Å². The Morgan fingerprint density at radius 1 is 1.33 bits per heavy atom. The Kier molecular flexibility index (Phi) is 4.10. The minimum atomic E-state index is -0.292. The maximum absolute atomic E-state index is 13.6. The zero-order valence-electron chi connectivity index (χ0n) is 10.4. The monoisotopic (exact) mass is 248 g/mol. The molecule has 0 radical (unpaired) electrons. The minimum Gasteiger partial charge on any atom is -0.337 e. The maximum atomic E-state index is 13.6. The van der Waals surface area contributed by atoms with Crippen molar-refractivity contribution in [2.24, 2.45) is 0 Å². The number of allylic oxidation sites excluding steroid dienone is 1. The first kappa shape index (κ1) is 12.8. The zero-order valence-corrected chi connectivity index (χ0v) is 10.4. The summed E-state index contributed by atoms with van der Waals surface area (Å²) in [6, 6.07) is 6.50. The van der Waals surface area contributed by atoms with E-state index < -0.39 is 0 Å². The Balaban J connectivity index is 2.12. The molecular formula is C14H17FN2O. The normalized spacial score (nSPS) is 16.8. The van der Waals surface area contributed by atoms with Crippen molar-refractivity contribution in [1.29, 1.82) is 0 Å². The lowest BCUT2D eigenvalue weighted by Gasteiger charge is -2.26. The molecule has 0 aromatic heterocycles. The highest BCUT2D eigenvalue weighted by Gasteiger charge is 2.14. The lowest BCUT2D eigenvalue weighted by Crippen LogP contribution is -2.45. The third-order valence-corrected chi connectivity index (χ3v) is 3.07. The Morgan fingerprint density at radius 2 is 2.00 bits per heavy atom. The van der Waals surface area contributed by atoms with E-state index in [0.29, 0.717) is 24.2 Å². The SMILES string of the molecule is CC(=CC(=O)N1CCNCC1)c1ccccc1F. The fraction of sp³-hybridized carbons (Fsp3) is 0.357. The molecule has 18 heavy (non-hydrogen) atoms. The Morgan fingerprint density at radius 3 is 2.67 bits per heavy atom. The fourth-order valence-corrected chi connectivity index (χ4v) is 2.02. The highest BCUT2D eigenvalue weighted by molar-refractivity contribution is 5.95. The van der Waals surface area contributed by atoms with Crippen LogP contribution in [0.1, 0.15) is 12.5 Å². The highest BCUT2D eigenvalue weighted by atomic mass is 19.1. The molecule has 1 saturated heterocycles. The summed E-state index contributed by atoms with van der Waals surface area (Å²) >= 11 is 0. The first-order chi connectivity index (χ1) is 8.68. The van der Waals surface area contributed by atoms with Crippen molar-refractivity contribution in [3.05, 3.63) is 41.7 Å². The van der Waals surface area contributed by atoms with Crippen LogP contribution in [0.3, 0.4) is 0 Å². The van der Waals surface area contributed by atoms with Gasteiger partial charge in [0.2, 0.25) is 5.91 Å². The molecule has 2 rings (SSSR count). The number of nitrogens with one attached hydrogen (secondary N) is 1. The van der Waals surface area contributed by atoms with Crippen molar-refractivity contribution >= 4 is 11.5 Å². The van der Waals surface area contributed by atoms with Crippen molar-refractivity contribution in [1.82, 2.24) is 10.2 Å². The quantitative estimate of drug-likeness (QED) is 0.807. The van der Waals surface area contributed by atoms with Crippen LogP contribution in [0.25, 0.3) is 5.57 Å². The number of carbonyl (C=O) groups excluding carboxylic acids is 1. The second-order valence-corrected chi connectivity index (χ2v) is 4.38. The lowest BCUT2D eigenvalue weighted by molar-refractivity contribution is -0.126. The number of carbonyl (C=O) groups is 1. The molecule has 0 unspecified atom stereocenters. The van der Waals surface area contributed by atoms with Gasteiger partial charge in [-0.2, -0.15) is 0 Å². The van der Waals surface area contributed by atoms with Crippen molar-refractivity contribution in [3.8, 4) is 0 Å². The van der Waals surface area contributed by atoms with E-state index >= 15 is 0 Å². The largest absolute Gasteiger partial charge is 0.337 e. The van der Waals surface area contributed by atoms with Crippen LogP contribution >= 0.6 is 0 Å². The van der Waals surface area contributed by atoms with E-state index in [2.05, 4.69) is 5.32 Å². The molecule has 1 aliphatic rings. The van der Waals surface area contributed by atoms with E-state index in [-0.39, 0.29) is 11.7 Å². The third-order valence-electron chi connectivity index (χ3n) is 3.07. The van der Waals surface area contributed by atoms with Gasteiger partial charge >= 0.3 is 0 Å². The standard InChI is InChI=1S/C14H17FN2O/c1-11(12-4-2-3-5-13(12)15)10-14(18)17-8-6-16-7-9-17/h2-5,10,16H,6-9H2,1H3. The molecule has 1 aliphatic heterocycles. The van der Waals surface area contributed by atoms with Gasteiger partial charge in [0.1, 0.15) is 5.82 Å². The molecule has 1 fully saturated rings. The predicted molar refractivity (Wildman–Crippen MR) is 69.5 cm³/mol. The molecule has 4 heteroatoms. The van der Waals surface area contributed by atoms with E-state index in [0.717, 1.165) is 13.1 Å². The summed E-state index contributed by atoms with van der Waals surface area (Å²) in [5, 5.41) is 3.19. The lowest BCUT2D eigenvalue weighted by atomic mass is 10.1. The van der Waals surface area contributed by atoms with Crippen LogP contribution in [-0.4, -0.2) is 37.0 Å². The van der Waals surface area contributed by atoms with Crippen LogP contribution in [0.5, 0.6) is 0 Å². The number of hydrogen-bond acceptors (Lipinski definition) is 2. The van der Waals surface area contributed by atoms with Crippen LogP contribution in [0.4, 0.5) is 4.39 Å². The molecule has 0 aliphatic carbocycles. The zero-order chi connectivity index (χ0) is 13.0. The molecule has 0 bridgehead atoms. The number of hydrogen-bond donors (Lipinski definition) is 1. The van der Waals surface area contributed by atoms with Crippen molar-refractivity contribution in [2.45, 2.75) is 6.92 Å². The van der Waals surface area contributed by atoms with Crippen LogP contribution in [0.15, 0.2) is 30.3 Å². The molecule has 1 heterocycles. The molecule has 3 nitrogen and oxygen atoms in total. The molecule has 1 amide bonds. The summed E-state index contributed by atoms with van der Waals surface area (Å²) in [5.74, 6) is -0.336. The molecule has 0 spiro atoms. The number of rotatable bonds is 2. The fourth-order valence-electron chi connectivity index (χ4n) is 2.02. The van der Waals surface area contributed by atoms with Gasteiger partial charge < -0.3 is 10.2 Å². The molecule has 0 atom stereocenters. The average molecular weight is 248 g/mol. The van der Waals surface area contributed by atoms with Gasteiger partial charge in [-0.25, -0.2) is 4.39 Å². The Hall–Kier alpha value is -1.68. The number of halogens is 1. The summed E-state index contributed by atoms with van der Waals surface area (Å²) in [6.45, 7) is 4.81. The van der Waals surface area contributed by atoms with Gasteiger partial charge in [-0.15, -0.1) is 0 Å². The smallest absolute Gasteiger partial charge is 0.246 e. The van der Waals surface area contributed by atoms with Crippen LogP contribution in [0.2, 0.25) is 0 Å². The van der Waals surface area contributed by atoms with Crippen molar-refractivity contribution < 1.29 is 9.18 Å². The highest BCUT2D eigenvalue weighted by Crippen LogP contribution is 2.17. The van der Waals surface area contributed by atoms with Gasteiger partial charge in [0.05, 0.1) is 0 Å². The molecule has 1 N–H and O–H groups in total.